The van der Waals surface area contributed by atoms with E-state index in [1.807, 2.05) is 44.5 Å². The number of nitrogens with one attached hydrogen (secondary N) is 2. The highest BCUT2D eigenvalue weighted by molar-refractivity contribution is 6.09. The summed E-state index contributed by atoms with van der Waals surface area (Å²) < 4.78 is 63.4. The normalized spacial score (nSPS) is 24.9. The quantitative estimate of drug-likeness (QED) is 0.462. The number of benzene rings is 1. The van der Waals surface area contributed by atoms with E-state index in [2.05, 4.69) is 32.1 Å². The zero-order valence-electron chi connectivity index (χ0n) is 25.4. The largest absolute Gasteiger partial charge is 0.417 e. The van der Waals surface area contributed by atoms with Gasteiger partial charge in [-0.25, -0.2) is 14.4 Å². The Hall–Kier alpha value is -3.97. The van der Waals surface area contributed by atoms with E-state index in [1.165, 1.54) is 18.3 Å². The second kappa shape index (κ2) is 12.2. The highest BCUT2D eigenvalue weighted by Crippen LogP contribution is 2.38. The van der Waals surface area contributed by atoms with Crippen LogP contribution in [0.15, 0.2) is 60.1 Å². The van der Waals surface area contributed by atoms with Crippen LogP contribution in [-0.4, -0.2) is 84.5 Å². The lowest BCUT2D eigenvalue weighted by Gasteiger charge is -2.44. The number of alkyl halides is 3. The maximum Gasteiger partial charge on any atom is 0.417 e. The van der Waals surface area contributed by atoms with Crippen LogP contribution < -0.4 is 20.4 Å². The van der Waals surface area contributed by atoms with Crippen LogP contribution in [0.25, 0.3) is 11.3 Å². The van der Waals surface area contributed by atoms with Crippen molar-refractivity contribution < 1.29 is 27.1 Å². The molecule has 2 fully saturated rings. The molecule has 0 radical (unpaired) electrons. The first-order valence-corrected chi connectivity index (χ1v) is 14.5. The summed E-state index contributed by atoms with van der Waals surface area (Å²) in [6, 6.07) is 4.50. The van der Waals surface area contributed by atoms with Gasteiger partial charge in [-0.2, -0.15) is 13.2 Å². The molecule has 0 saturated carbocycles. The molecule has 0 spiro atoms. The highest BCUT2D eigenvalue weighted by atomic mass is 19.4. The van der Waals surface area contributed by atoms with Crippen molar-refractivity contribution >= 4 is 23.2 Å². The minimum absolute atomic E-state index is 0.00247. The van der Waals surface area contributed by atoms with Crippen LogP contribution in [0.3, 0.4) is 0 Å². The van der Waals surface area contributed by atoms with Crippen LogP contribution in [0.5, 0.6) is 0 Å². The molecule has 0 unspecified atom stereocenters. The molecule has 13 heteroatoms. The van der Waals surface area contributed by atoms with Gasteiger partial charge in [-0.1, -0.05) is 6.58 Å². The average molecular weight is 616 g/mol. The van der Waals surface area contributed by atoms with Gasteiger partial charge in [-0.05, 0) is 59.0 Å². The lowest BCUT2D eigenvalue weighted by molar-refractivity contribution is -0.115. The van der Waals surface area contributed by atoms with E-state index in [9.17, 15) is 18.0 Å². The number of rotatable bonds is 5. The van der Waals surface area contributed by atoms with Crippen molar-refractivity contribution in [3.05, 3.63) is 65.9 Å². The first-order valence-electron chi connectivity index (χ1n) is 14.5. The molecule has 2 aromatic rings. The summed E-state index contributed by atoms with van der Waals surface area (Å²) in [4.78, 5) is 28.6. The first-order chi connectivity index (χ1) is 20.7. The smallest absolute Gasteiger partial charge is 0.372 e. The Morgan fingerprint density at radius 1 is 1.07 bits per heavy atom. The Balaban J connectivity index is 1.55. The van der Waals surface area contributed by atoms with Gasteiger partial charge in [0, 0.05) is 61.9 Å². The molecule has 0 bridgehead atoms. The minimum Gasteiger partial charge on any atom is -0.372 e. The Morgan fingerprint density at radius 3 is 2.36 bits per heavy atom. The molecular formula is C31H37F4N7O2. The number of anilines is 3. The first kappa shape index (κ1) is 31.5. The fraction of sp³-hybridized carbons (Fsp3) is 0.452. The zero-order chi connectivity index (χ0) is 31.9. The number of dihydropyridines is 1. The molecule has 4 heterocycles. The summed E-state index contributed by atoms with van der Waals surface area (Å²) in [5, 5.41) is 5.24. The summed E-state index contributed by atoms with van der Waals surface area (Å²) in [5.41, 5.74) is -0.859. The van der Waals surface area contributed by atoms with Gasteiger partial charge in [0.2, 0.25) is 5.95 Å². The van der Waals surface area contributed by atoms with E-state index in [0.29, 0.717) is 37.8 Å². The van der Waals surface area contributed by atoms with Crippen LogP contribution in [0.4, 0.5) is 34.9 Å². The van der Waals surface area contributed by atoms with E-state index in [1.54, 1.807) is 6.07 Å². The van der Waals surface area contributed by atoms with Crippen molar-refractivity contribution in [1.29, 1.82) is 0 Å². The molecule has 2 saturated heterocycles. The van der Waals surface area contributed by atoms with Crippen LogP contribution in [0.2, 0.25) is 0 Å². The fourth-order valence-corrected chi connectivity index (χ4v) is 5.86. The van der Waals surface area contributed by atoms with Gasteiger partial charge in [-0.15, -0.1) is 0 Å². The summed E-state index contributed by atoms with van der Waals surface area (Å²) in [7, 11) is 2.00. The van der Waals surface area contributed by atoms with Crippen LogP contribution in [0.1, 0.15) is 27.7 Å². The average Bonchev–Trinajstić information content (AvgIpc) is 2.95. The number of nitrogens with zero attached hydrogens (tertiary/aromatic N) is 5. The number of piperazine rings is 1. The monoisotopic (exact) mass is 615 g/mol. The number of carbonyl (C=O) groups excluding carboxylic acids is 1. The van der Waals surface area contributed by atoms with E-state index < -0.39 is 29.0 Å². The number of ether oxygens (including phenoxy) is 1. The number of aromatic nitrogens is 2. The Morgan fingerprint density at radius 2 is 1.73 bits per heavy atom. The minimum atomic E-state index is -4.79. The van der Waals surface area contributed by atoms with Crippen molar-refractivity contribution in [3.63, 3.8) is 0 Å². The summed E-state index contributed by atoms with van der Waals surface area (Å²) in [6.45, 7) is 13.6. The number of amides is 1. The number of halogens is 4. The molecule has 0 aliphatic carbocycles. The lowest BCUT2D eigenvalue weighted by Crippen LogP contribution is -2.55. The van der Waals surface area contributed by atoms with Gasteiger partial charge in [0.25, 0.3) is 5.91 Å². The number of hydrogen-bond donors (Lipinski definition) is 2. The molecule has 236 valence electrons. The Kier molecular flexibility index (Phi) is 8.72. The Labute approximate surface area is 254 Å². The van der Waals surface area contributed by atoms with E-state index in [-0.39, 0.29) is 46.9 Å². The van der Waals surface area contributed by atoms with Gasteiger partial charge < -0.3 is 25.2 Å². The summed E-state index contributed by atoms with van der Waals surface area (Å²) >= 11 is 0. The van der Waals surface area contributed by atoms with Crippen LogP contribution >= 0.6 is 0 Å². The number of allylic oxidation sites excluding steroid dienone is 1. The van der Waals surface area contributed by atoms with Gasteiger partial charge in [-0.3, -0.25) is 9.69 Å². The molecule has 1 aromatic heterocycles. The van der Waals surface area contributed by atoms with Crippen molar-refractivity contribution in [2.24, 2.45) is 0 Å². The molecule has 44 heavy (non-hydrogen) atoms. The van der Waals surface area contributed by atoms with Crippen molar-refractivity contribution in [1.82, 2.24) is 20.2 Å². The van der Waals surface area contributed by atoms with Crippen molar-refractivity contribution in [2.75, 3.05) is 48.3 Å². The molecule has 5 rings (SSSR count). The van der Waals surface area contributed by atoms with Crippen molar-refractivity contribution in [2.45, 2.75) is 58.2 Å². The third-order valence-electron chi connectivity index (χ3n) is 8.22. The maximum atomic E-state index is 16.0. The van der Waals surface area contributed by atoms with Crippen LogP contribution in [-0.2, 0) is 9.53 Å². The fourth-order valence-electron chi connectivity index (χ4n) is 5.86. The number of hydrogen-bond acceptors (Lipinski definition) is 8. The topological polar surface area (TPSA) is 85.9 Å². The SMILES string of the molecule is C=C1C=C(C(F)(F)F)C(C(=O)Nc2cc(-c3ccnc(N4C[C@@H](C)O[C@@H](C)C4)n3)c(F)cc2N2C[C@@H](C)N(C)[C@@H](C)C2)=CN1. The molecule has 9 nitrogen and oxygen atoms in total. The maximum absolute atomic E-state index is 16.0. The zero-order valence-corrected chi connectivity index (χ0v) is 25.4. The standard InChI is InChI=1S/C31H37F4N7O2/c1-17-9-24(31(33,34)35)23(12-37-17)29(43)38-27-10-22(25(32)11-28(27)41-13-18(2)40(6)19(3)14-41)26-7-8-36-30(39-26)42-15-20(4)44-21(5)16-42/h7-12,18-21,37H,1,13-16H2,2-6H3,(H,38,43)/t18-,19+,20-,21+. The predicted octanol–water partition coefficient (Wildman–Crippen LogP) is 4.85. The number of morpholine rings is 1. The molecule has 4 atom stereocenters. The molecule has 3 aliphatic heterocycles. The molecule has 3 aliphatic rings. The van der Waals surface area contributed by atoms with E-state index in [4.69, 9.17) is 4.74 Å². The third kappa shape index (κ3) is 6.58. The molecule has 1 aromatic carbocycles. The van der Waals surface area contributed by atoms with Crippen molar-refractivity contribution in [3.8, 4) is 11.3 Å². The van der Waals surface area contributed by atoms with Gasteiger partial charge in [0.05, 0.1) is 40.4 Å². The van der Waals surface area contributed by atoms with E-state index in [0.717, 1.165) is 12.3 Å². The summed E-state index contributed by atoms with van der Waals surface area (Å²) in [6.07, 6.45) is -1.60. The number of likely N-dealkylation sites (N-methyl/N-ethyl adjacent to an activating group) is 1. The van der Waals surface area contributed by atoms with Gasteiger partial charge in [0.1, 0.15) is 5.82 Å². The molecule has 1 amide bonds. The van der Waals surface area contributed by atoms with Crippen LogP contribution in [0, 0.1) is 5.82 Å². The van der Waals surface area contributed by atoms with Gasteiger partial charge >= 0.3 is 6.18 Å². The summed E-state index contributed by atoms with van der Waals surface area (Å²) in [5.74, 6) is -1.18. The third-order valence-corrected chi connectivity index (χ3v) is 8.22. The predicted molar refractivity (Wildman–Crippen MR) is 162 cm³/mol. The lowest BCUT2D eigenvalue weighted by atomic mass is 10.0. The number of carbonyl (C=O) groups is 1. The van der Waals surface area contributed by atoms with E-state index >= 15 is 4.39 Å². The van der Waals surface area contributed by atoms with Gasteiger partial charge in [0.15, 0.2) is 0 Å². The second-order valence-corrected chi connectivity index (χ2v) is 11.8. The Bertz CT molecular complexity index is 1490. The highest BCUT2D eigenvalue weighted by Gasteiger charge is 2.40. The second-order valence-electron chi connectivity index (χ2n) is 11.8. The molecule has 2 N–H and O–H groups in total. The molecular weight excluding hydrogens is 578 g/mol.